The molecule has 1 aliphatic rings. The molecule has 0 bridgehead atoms. The summed E-state index contributed by atoms with van der Waals surface area (Å²) in [5.41, 5.74) is 1.06. The maximum Gasteiger partial charge on any atom is 0.203 e. The molecule has 1 saturated heterocycles. The molecule has 0 spiro atoms. The molecule has 2 rings (SSSR count). The van der Waals surface area contributed by atoms with Gasteiger partial charge in [0.25, 0.3) is 0 Å². The predicted molar refractivity (Wildman–Crippen MR) is 138 cm³/mol. The van der Waals surface area contributed by atoms with Crippen molar-refractivity contribution in [3.8, 4) is 17.2 Å². The third-order valence-corrected chi connectivity index (χ3v) is 5.69. The molecule has 1 heterocycles. The fourth-order valence-corrected chi connectivity index (χ4v) is 3.89. The molecule has 1 fully saturated rings. The number of nitrogens with zero attached hydrogens (tertiary/aromatic N) is 2. The minimum Gasteiger partial charge on any atom is -0.493 e. The number of guanidine groups is 1. The number of benzene rings is 1. The van der Waals surface area contributed by atoms with E-state index in [0.717, 1.165) is 43.6 Å². The van der Waals surface area contributed by atoms with Gasteiger partial charge in [-0.2, -0.15) is 0 Å². The van der Waals surface area contributed by atoms with Gasteiger partial charge >= 0.3 is 0 Å². The number of ether oxygens (including phenoxy) is 3. The quantitative estimate of drug-likeness (QED) is 0.277. The summed E-state index contributed by atoms with van der Waals surface area (Å²) in [5, 5.41) is 6.88. The van der Waals surface area contributed by atoms with Crippen LogP contribution in [0.1, 0.15) is 46.1 Å². The van der Waals surface area contributed by atoms with Gasteiger partial charge in [0.15, 0.2) is 17.5 Å². The van der Waals surface area contributed by atoms with Crippen molar-refractivity contribution in [2.24, 2.45) is 10.9 Å². The van der Waals surface area contributed by atoms with Gasteiger partial charge in [0.05, 0.1) is 27.9 Å². The number of hydrogen-bond donors (Lipinski definition) is 2. The van der Waals surface area contributed by atoms with Gasteiger partial charge in [0.2, 0.25) is 5.75 Å². The van der Waals surface area contributed by atoms with Crippen LogP contribution in [0, 0.1) is 5.92 Å². The van der Waals surface area contributed by atoms with Crippen LogP contribution < -0.4 is 24.8 Å². The zero-order valence-electron chi connectivity index (χ0n) is 20.2. The molecule has 1 aromatic carbocycles. The first kappa shape index (κ1) is 27.6. The van der Waals surface area contributed by atoms with Gasteiger partial charge in [0.1, 0.15) is 0 Å². The zero-order valence-corrected chi connectivity index (χ0v) is 22.5. The van der Waals surface area contributed by atoms with E-state index >= 15 is 0 Å². The molecule has 1 atom stereocenters. The maximum atomic E-state index is 5.45. The number of methoxy groups -OCH3 is 3. The average Bonchev–Trinajstić information content (AvgIpc) is 2.74. The Morgan fingerprint density at radius 2 is 1.77 bits per heavy atom. The lowest BCUT2D eigenvalue weighted by atomic mass is 9.93. The predicted octanol–water partition coefficient (Wildman–Crippen LogP) is 3.90. The van der Waals surface area contributed by atoms with E-state index in [1.165, 1.54) is 12.8 Å². The van der Waals surface area contributed by atoms with Gasteiger partial charge in [-0.05, 0) is 63.8 Å². The first-order valence-electron chi connectivity index (χ1n) is 10.9. The van der Waals surface area contributed by atoms with Crippen molar-refractivity contribution in [3.63, 3.8) is 0 Å². The SMILES string of the molecule is CCNC(=NCc1cc(OC)c(OC)c(OC)c1)NCC(C)(C)N1CCCC(C)C1.I. The molecule has 1 aromatic rings. The highest BCUT2D eigenvalue weighted by atomic mass is 127. The average molecular weight is 549 g/mol. The Kier molecular flexibility index (Phi) is 11.8. The largest absolute Gasteiger partial charge is 0.493 e. The molecule has 0 aromatic heterocycles. The minimum atomic E-state index is 0. The van der Waals surface area contributed by atoms with E-state index in [1.807, 2.05) is 12.1 Å². The molecule has 1 unspecified atom stereocenters. The Bertz CT molecular complexity index is 687. The van der Waals surface area contributed by atoms with Crippen molar-refractivity contribution >= 4 is 29.9 Å². The molecule has 8 heteroatoms. The number of nitrogens with one attached hydrogen (secondary N) is 2. The number of rotatable bonds is 9. The topological polar surface area (TPSA) is 67.4 Å². The van der Waals surface area contributed by atoms with E-state index in [1.54, 1.807) is 21.3 Å². The van der Waals surface area contributed by atoms with Crippen molar-refractivity contribution in [1.82, 2.24) is 15.5 Å². The van der Waals surface area contributed by atoms with Crippen LogP contribution in [-0.2, 0) is 6.54 Å². The van der Waals surface area contributed by atoms with E-state index in [2.05, 4.69) is 43.2 Å². The van der Waals surface area contributed by atoms with Gasteiger partial charge in [-0.1, -0.05) is 6.92 Å². The summed E-state index contributed by atoms with van der Waals surface area (Å²) in [6.07, 6.45) is 2.61. The number of aliphatic imine (C=N–C) groups is 1. The van der Waals surface area contributed by atoms with Crippen LogP contribution in [-0.4, -0.2) is 63.9 Å². The van der Waals surface area contributed by atoms with Crippen LogP contribution in [0.25, 0.3) is 0 Å². The van der Waals surface area contributed by atoms with E-state index in [9.17, 15) is 0 Å². The molecular weight excluding hydrogens is 507 g/mol. The van der Waals surface area contributed by atoms with Crippen LogP contribution in [0.3, 0.4) is 0 Å². The van der Waals surface area contributed by atoms with Crippen LogP contribution in [0.4, 0.5) is 0 Å². The Morgan fingerprint density at radius 1 is 1.13 bits per heavy atom. The fourth-order valence-electron chi connectivity index (χ4n) is 3.89. The van der Waals surface area contributed by atoms with Gasteiger partial charge in [-0.3, -0.25) is 4.90 Å². The highest BCUT2D eigenvalue weighted by molar-refractivity contribution is 14.0. The number of likely N-dealkylation sites (tertiary alicyclic amines) is 1. The highest BCUT2D eigenvalue weighted by Gasteiger charge is 2.30. The lowest BCUT2D eigenvalue weighted by Gasteiger charge is -2.43. The molecule has 31 heavy (non-hydrogen) atoms. The monoisotopic (exact) mass is 548 g/mol. The summed E-state index contributed by atoms with van der Waals surface area (Å²) in [5.74, 6) is 3.44. The van der Waals surface area contributed by atoms with Crippen molar-refractivity contribution in [2.75, 3.05) is 47.5 Å². The standard InChI is InChI=1S/C23H40N4O3.HI/c1-8-24-22(26-16-23(3,4)27-11-9-10-17(2)15-27)25-14-18-12-19(28-5)21(30-7)20(13-18)29-6;/h12-13,17H,8-11,14-16H2,1-7H3,(H2,24,25,26);1H. The second-order valence-corrected chi connectivity index (χ2v) is 8.59. The summed E-state index contributed by atoms with van der Waals surface area (Å²) in [4.78, 5) is 7.37. The molecule has 0 saturated carbocycles. The number of halogens is 1. The van der Waals surface area contributed by atoms with Gasteiger partial charge in [-0.25, -0.2) is 4.99 Å². The summed E-state index contributed by atoms with van der Waals surface area (Å²) in [6.45, 7) is 13.5. The fraction of sp³-hybridized carbons (Fsp3) is 0.696. The first-order chi connectivity index (χ1) is 14.3. The minimum absolute atomic E-state index is 0. The Hall–Kier alpha value is -1.42. The Morgan fingerprint density at radius 3 is 2.29 bits per heavy atom. The number of hydrogen-bond acceptors (Lipinski definition) is 5. The van der Waals surface area contributed by atoms with Crippen LogP contribution in [0.5, 0.6) is 17.2 Å². The van der Waals surface area contributed by atoms with Crippen molar-refractivity contribution < 1.29 is 14.2 Å². The van der Waals surface area contributed by atoms with Crippen molar-refractivity contribution in [1.29, 1.82) is 0 Å². The lowest BCUT2D eigenvalue weighted by Crippen LogP contribution is -2.55. The second-order valence-electron chi connectivity index (χ2n) is 8.59. The van der Waals surface area contributed by atoms with E-state index in [-0.39, 0.29) is 29.5 Å². The lowest BCUT2D eigenvalue weighted by molar-refractivity contribution is 0.0739. The molecule has 0 radical (unpaired) electrons. The third kappa shape index (κ3) is 7.89. The van der Waals surface area contributed by atoms with E-state index < -0.39 is 0 Å². The van der Waals surface area contributed by atoms with Gasteiger partial charge in [0, 0.05) is 25.2 Å². The summed E-state index contributed by atoms with van der Waals surface area (Å²) in [7, 11) is 4.86. The van der Waals surface area contributed by atoms with Crippen molar-refractivity contribution in [3.05, 3.63) is 17.7 Å². The summed E-state index contributed by atoms with van der Waals surface area (Å²) < 4.78 is 16.3. The zero-order chi connectivity index (χ0) is 22.1. The van der Waals surface area contributed by atoms with Gasteiger partial charge in [-0.15, -0.1) is 24.0 Å². The molecule has 0 aliphatic carbocycles. The third-order valence-electron chi connectivity index (χ3n) is 5.69. The molecular formula is C23H41IN4O3. The molecule has 178 valence electrons. The molecule has 1 aliphatic heterocycles. The second kappa shape index (κ2) is 13.2. The van der Waals surface area contributed by atoms with E-state index in [0.29, 0.717) is 23.8 Å². The molecule has 7 nitrogen and oxygen atoms in total. The van der Waals surface area contributed by atoms with E-state index in [4.69, 9.17) is 19.2 Å². The Labute approximate surface area is 205 Å². The normalized spacial score (nSPS) is 17.5. The molecule has 2 N–H and O–H groups in total. The summed E-state index contributed by atoms with van der Waals surface area (Å²) in [6, 6.07) is 3.88. The van der Waals surface area contributed by atoms with Crippen LogP contribution in [0.2, 0.25) is 0 Å². The van der Waals surface area contributed by atoms with Crippen LogP contribution >= 0.6 is 24.0 Å². The van der Waals surface area contributed by atoms with Crippen LogP contribution in [0.15, 0.2) is 17.1 Å². The summed E-state index contributed by atoms with van der Waals surface area (Å²) >= 11 is 0. The molecule has 0 amide bonds. The first-order valence-corrected chi connectivity index (χ1v) is 10.9. The highest BCUT2D eigenvalue weighted by Crippen LogP contribution is 2.38. The van der Waals surface area contributed by atoms with Crippen molar-refractivity contribution in [2.45, 2.75) is 52.6 Å². The number of piperidine rings is 1. The Balaban J connectivity index is 0.00000480. The smallest absolute Gasteiger partial charge is 0.203 e. The maximum absolute atomic E-state index is 5.45. The van der Waals surface area contributed by atoms with Gasteiger partial charge < -0.3 is 24.8 Å².